The summed E-state index contributed by atoms with van der Waals surface area (Å²) in [5, 5.41) is 1.93. The lowest BCUT2D eigenvalue weighted by Gasteiger charge is -2.08. The smallest absolute Gasteiger partial charge is 0.338 e. The van der Waals surface area contributed by atoms with Crippen LogP contribution < -0.4 is 0 Å². The van der Waals surface area contributed by atoms with E-state index in [9.17, 15) is 4.79 Å². The van der Waals surface area contributed by atoms with Crippen LogP contribution in [0.25, 0.3) is 10.8 Å². The van der Waals surface area contributed by atoms with E-state index in [1.54, 1.807) is 17.8 Å². The molecule has 2 rings (SSSR count). The Balaban J connectivity index is 2.75. The van der Waals surface area contributed by atoms with E-state index in [2.05, 4.69) is 15.9 Å². The molecule has 0 spiro atoms. The van der Waals surface area contributed by atoms with Gasteiger partial charge in [-0.3, -0.25) is 0 Å². The van der Waals surface area contributed by atoms with Crippen molar-refractivity contribution in [1.82, 2.24) is 0 Å². The fourth-order valence-electron chi connectivity index (χ4n) is 1.75. The summed E-state index contributed by atoms with van der Waals surface area (Å²) in [5.74, 6) is -0.306. The molecule has 0 amide bonds. The van der Waals surface area contributed by atoms with Crippen molar-refractivity contribution in [1.29, 1.82) is 0 Å². The van der Waals surface area contributed by atoms with Crippen LogP contribution >= 0.6 is 27.7 Å². The van der Waals surface area contributed by atoms with Crippen LogP contribution in [0, 0.1) is 0 Å². The molecule has 0 aliphatic rings. The van der Waals surface area contributed by atoms with Crippen molar-refractivity contribution < 1.29 is 9.53 Å². The highest BCUT2D eigenvalue weighted by Gasteiger charge is 2.12. The zero-order valence-electron chi connectivity index (χ0n) is 9.49. The van der Waals surface area contributed by atoms with Gasteiger partial charge >= 0.3 is 5.97 Å². The molecule has 0 atom stereocenters. The molecule has 0 saturated heterocycles. The van der Waals surface area contributed by atoms with Gasteiger partial charge in [0, 0.05) is 9.37 Å². The topological polar surface area (TPSA) is 26.3 Å². The van der Waals surface area contributed by atoms with Gasteiger partial charge in [-0.2, -0.15) is 0 Å². The molecule has 0 fully saturated rings. The second kappa shape index (κ2) is 5.10. The van der Waals surface area contributed by atoms with Crippen molar-refractivity contribution in [3.05, 3.63) is 40.4 Å². The molecule has 0 radical (unpaired) electrons. The van der Waals surface area contributed by atoms with Crippen LogP contribution in [0.1, 0.15) is 10.4 Å². The first-order valence-corrected chi connectivity index (χ1v) is 7.04. The molecule has 2 aromatic rings. The van der Waals surface area contributed by atoms with Crippen molar-refractivity contribution in [3.63, 3.8) is 0 Å². The summed E-state index contributed by atoms with van der Waals surface area (Å²) in [6, 6.07) is 9.59. The Bertz CT molecular complexity index is 581. The van der Waals surface area contributed by atoms with Crippen LogP contribution in [0.5, 0.6) is 0 Å². The monoisotopic (exact) mass is 310 g/mol. The highest BCUT2D eigenvalue weighted by atomic mass is 79.9. The van der Waals surface area contributed by atoms with E-state index in [4.69, 9.17) is 4.74 Å². The molecule has 0 unspecified atom stereocenters. The van der Waals surface area contributed by atoms with Crippen LogP contribution in [0.4, 0.5) is 0 Å². The number of fused-ring (bicyclic) bond motifs is 1. The van der Waals surface area contributed by atoms with E-state index in [1.807, 2.05) is 30.5 Å². The van der Waals surface area contributed by atoms with Gasteiger partial charge in [0.15, 0.2) is 0 Å². The average Bonchev–Trinajstić information content (AvgIpc) is 2.38. The number of benzene rings is 2. The normalized spacial score (nSPS) is 10.5. The van der Waals surface area contributed by atoms with Crippen molar-refractivity contribution in [2.75, 3.05) is 13.4 Å². The maximum Gasteiger partial charge on any atom is 0.338 e. The molecule has 0 heterocycles. The van der Waals surface area contributed by atoms with E-state index in [0.29, 0.717) is 5.56 Å². The third-order valence-corrected chi connectivity index (χ3v) is 4.48. The lowest BCUT2D eigenvalue weighted by molar-refractivity contribution is 0.0603. The van der Waals surface area contributed by atoms with Gasteiger partial charge in [-0.05, 0) is 45.1 Å². The predicted molar refractivity (Wildman–Crippen MR) is 74.8 cm³/mol. The van der Waals surface area contributed by atoms with Crippen LogP contribution in [-0.4, -0.2) is 19.3 Å². The van der Waals surface area contributed by atoms with Gasteiger partial charge in [0.05, 0.1) is 12.7 Å². The lowest BCUT2D eigenvalue weighted by atomic mass is 10.0. The molecule has 2 nitrogen and oxygen atoms in total. The number of hydrogen-bond donors (Lipinski definition) is 0. The van der Waals surface area contributed by atoms with Crippen molar-refractivity contribution in [2.45, 2.75) is 4.90 Å². The van der Waals surface area contributed by atoms with Crippen molar-refractivity contribution in [2.24, 2.45) is 0 Å². The van der Waals surface area contributed by atoms with Crippen LogP contribution in [0.3, 0.4) is 0 Å². The molecule has 0 saturated carbocycles. The second-order valence-electron chi connectivity index (χ2n) is 3.47. The number of halogens is 1. The Morgan fingerprint density at radius 3 is 2.65 bits per heavy atom. The Hall–Kier alpha value is -1.00. The number of thioether (sulfide) groups is 1. The van der Waals surface area contributed by atoms with Crippen LogP contribution in [-0.2, 0) is 4.74 Å². The Morgan fingerprint density at radius 1 is 1.24 bits per heavy atom. The first kappa shape index (κ1) is 12.5. The zero-order valence-corrected chi connectivity index (χ0v) is 11.9. The van der Waals surface area contributed by atoms with Crippen molar-refractivity contribution >= 4 is 44.4 Å². The molecule has 0 aromatic heterocycles. The SMILES string of the molecule is COC(=O)c1cccc2c(Br)c(SC)ccc12. The highest BCUT2D eigenvalue weighted by molar-refractivity contribution is 9.10. The molecule has 2 aromatic carbocycles. The number of esters is 1. The second-order valence-corrected chi connectivity index (χ2v) is 5.12. The molecule has 17 heavy (non-hydrogen) atoms. The number of carbonyl (C=O) groups excluding carboxylic acids is 1. The summed E-state index contributed by atoms with van der Waals surface area (Å²) in [7, 11) is 1.40. The van der Waals surface area contributed by atoms with Gasteiger partial charge in [-0.25, -0.2) is 4.79 Å². The number of ether oxygens (including phenoxy) is 1. The van der Waals surface area contributed by atoms with Gasteiger partial charge < -0.3 is 4.74 Å². The van der Waals surface area contributed by atoms with Gasteiger partial charge in [0.2, 0.25) is 0 Å². The minimum absolute atomic E-state index is 0.306. The van der Waals surface area contributed by atoms with E-state index in [-0.39, 0.29) is 5.97 Å². The third-order valence-electron chi connectivity index (χ3n) is 2.59. The lowest BCUT2D eigenvalue weighted by Crippen LogP contribution is -2.01. The molecule has 0 aliphatic carbocycles. The highest BCUT2D eigenvalue weighted by Crippen LogP contribution is 2.34. The maximum absolute atomic E-state index is 11.7. The molecular formula is C13H11BrO2S. The number of carbonyl (C=O) groups is 1. The molecule has 0 N–H and O–H groups in total. The summed E-state index contributed by atoms with van der Waals surface area (Å²) in [6.07, 6.45) is 2.02. The van der Waals surface area contributed by atoms with Crippen LogP contribution in [0.2, 0.25) is 0 Å². The fourth-order valence-corrected chi connectivity index (χ4v) is 3.20. The average molecular weight is 311 g/mol. The van der Waals surface area contributed by atoms with Crippen molar-refractivity contribution in [3.8, 4) is 0 Å². The summed E-state index contributed by atoms with van der Waals surface area (Å²) < 4.78 is 5.80. The van der Waals surface area contributed by atoms with Crippen LogP contribution in [0.15, 0.2) is 39.7 Å². The van der Waals surface area contributed by atoms with E-state index < -0.39 is 0 Å². The number of methoxy groups -OCH3 is 1. The third kappa shape index (κ3) is 2.19. The molecule has 0 bridgehead atoms. The van der Waals surface area contributed by atoms with Gasteiger partial charge in [0.25, 0.3) is 0 Å². The summed E-state index contributed by atoms with van der Waals surface area (Å²) >= 11 is 5.24. The van der Waals surface area contributed by atoms with E-state index in [1.165, 1.54) is 7.11 Å². The minimum atomic E-state index is -0.306. The number of rotatable bonds is 2. The van der Waals surface area contributed by atoms with Gasteiger partial charge in [-0.1, -0.05) is 18.2 Å². The quantitative estimate of drug-likeness (QED) is 0.617. The Labute approximate surface area is 112 Å². The Morgan fingerprint density at radius 2 is 2.00 bits per heavy atom. The minimum Gasteiger partial charge on any atom is -0.465 e. The standard InChI is InChI=1S/C13H11BrO2S/c1-16-13(15)10-5-3-4-9-8(10)6-7-11(17-2)12(9)14/h3-7H,1-2H3. The van der Waals surface area contributed by atoms with E-state index in [0.717, 1.165) is 20.1 Å². The largest absolute Gasteiger partial charge is 0.465 e. The summed E-state index contributed by atoms with van der Waals surface area (Å²) in [6.45, 7) is 0. The van der Waals surface area contributed by atoms with Gasteiger partial charge in [0.1, 0.15) is 0 Å². The predicted octanol–water partition coefficient (Wildman–Crippen LogP) is 4.11. The maximum atomic E-state index is 11.7. The zero-order chi connectivity index (χ0) is 12.4. The van der Waals surface area contributed by atoms with Gasteiger partial charge in [-0.15, -0.1) is 11.8 Å². The summed E-state index contributed by atoms with van der Waals surface area (Å²) in [5.41, 5.74) is 0.596. The first-order chi connectivity index (χ1) is 8.19. The molecular weight excluding hydrogens is 300 g/mol. The summed E-state index contributed by atoms with van der Waals surface area (Å²) in [4.78, 5) is 12.8. The molecule has 88 valence electrons. The number of hydrogen-bond acceptors (Lipinski definition) is 3. The molecule has 0 aliphatic heterocycles. The van der Waals surface area contributed by atoms with E-state index >= 15 is 0 Å². The first-order valence-electron chi connectivity index (χ1n) is 5.02. The molecule has 4 heteroatoms. The Kier molecular flexibility index (Phi) is 3.74. The fraction of sp³-hybridized carbons (Fsp3) is 0.154.